The molecule has 1 aromatic carbocycles. The Morgan fingerprint density at radius 1 is 1.20 bits per heavy atom. The molecule has 0 amide bonds. The molecule has 2 rings (SSSR count). The maximum absolute atomic E-state index is 4.15. The maximum atomic E-state index is 4.15. The highest BCUT2D eigenvalue weighted by Crippen LogP contribution is 2.20. The Balaban J connectivity index is 2.13. The summed E-state index contributed by atoms with van der Waals surface area (Å²) >= 11 is 0. The van der Waals surface area contributed by atoms with Crippen LogP contribution in [0.25, 0.3) is 0 Å². The fourth-order valence-electron chi connectivity index (χ4n) is 2.29. The summed E-state index contributed by atoms with van der Waals surface area (Å²) in [5, 5.41) is 15.5. The predicted octanol–water partition coefficient (Wildman–Crippen LogP) is 2.34. The van der Waals surface area contributed by atoms with Crippen molar-refractivity contribution in [2.24, 2.45) is 5.92 Å². The molecule has 0 aliphatic heterocycles. The van der Waals surface area contributed by atoms with Gasteiger partial charge in [-0.05, 0) is 47.9 Å². The number of nitrogens with zero attached hydrogens (tertiary/aromatic N) is 4. The first kappa shape index (κ1) is 14.7. The molecule has 1 aromatic heterocycles. The molecule has 1 unspecified atom stereocenters. The normalized spacial score (nSPS) is 12.8. The molecule has 5 heteroatoms. The van der Waals surface area contributed by atoms with Gasteiger partial charge in [0.2, 0.25) is 0 Å². The largest absolute Gasteiger partial charge is 0.310 e. The third-order valence-corrected chi connectivity index (χ3v) is 3.40. The van der Waals surface area contributed by atoms with Crippen LogP contribution in [0.5, 0.6) is 0 Å². The van der Waals surface area contributed by atoms with Crippen LogP contribution in [-0.2, 0) is 6.54 Å². The van der Waals surface area contributed by atoms with Crippen LogP contribution in [0.4, 0.5) is 0 Å². The van der Waals surface area contributed by atoms with Gasteiger partial charge >= 0.3 is 0 Å². The van der Waals surface area contributed by atoms with Gasteiger partial charge in [-0.1, -0.05) is 38.1 Å². The van der Waals surface area contributed by atoms with Crippen LogP contribution >= 0.6 is 0 Å². The second-order valence-electron chi connectivity index (χ2n) is 5.60. The van der Waals surface area contributed by atoms with E-state index in [1.807, 2.05) is 4.68 Å². The smallest absolute Gasteiger partial charge is 0.165 e. The van der Waals surface area contributed by atoms with E-state index in [9.17, 15) is 0 Å². The minimum atomic E-state index is 0.141. The molecule has 0 saturated carbocycles. The minimum Gasteiger partial charge on any atom is -0.310 e. The van der Waals surface area contributed by atoms with Gasteiger partial charge < -0.3 is 5.32 Å². The van der Waals surface area contributed by atoms with E-state index in [1.165, 1.54) is 11.1 Å². The van der Waals surface area contributed by atoms with Crippen molar-refractivity contribution in [3.63, 3.8) is 0 Å². The van der Waals surface area contributed by atoms with Crippen LogP contribution in [0.2, 0.25) is 0 Å². The lowest BCUT2D eigenvalue weighted by molar-refractivity contribution is 0.487. The number of aryl methyl sites for hydroxylation is 1. The summed E-state index contributed by atoms with van der Waals surface area (Å²) in [7, 11) is 0. The van der Waals surface area contributed by atoms with Crippen LogP contribution < -0.4 is 5.32 Å². The summed E-state index contributed by atoms with van der Waals surface area (Å²) in [5.41, 5.74) is 2.52. The van der Waals surface area contributed by atoms with E-state index in [1.54, 1.807) is 0 Å². The summed E-state index contributed by atoms with van der Waals surface area (Å²) in [6.07, 6.45) is 0. The van der Waals surface area contributed by atoms with Crippen molar-refractivity contribution in [3.05, 3.63) is 41.2 Å². The van der Waals surface area contributed by atoms with Crippen molar-refractivity contribution in [2.75, 3.05) is 6.54 Å². The average Bonchev–Trinajstić information content (AvgIpc) is 2.86. The van der Waals surface area contributed by atoms with Crippen LogP contribution in [0.1, 0.15) is 43.8 Å². The average molecular weight is 273 g/mol. The Hall–Kier alpha value is -1.75. The Labute approximate surface area is 120 Å². The molecular formula is C15H23N5. The SMILES string of the molecule is Cc1ccccc1C(C)n1nnnc1CNCC(C)C. The molecule has 0 radical (unpaired) electrons. The van der Waals surface area contributed by atoms with E-state index in [-0.39, 0.29) is 6.04 Å². The van der Waals surface area contributed by atoms with Crippen LogP contribution in [0.15, 0.2) is 24.3 Å². The molecule has 5 nitrogen and oxygen atoms in total. The zero-order valence-corrected chi connectivity index (χ0v) is 12.7. The molecule has 0 aliphatic carbocycles. The third kappa shape index (κ3) is 3.42. The lowest BCUT2D eigenvalue weighted by atomic mass is 10.0. The molecule has 0 saturated heterocycles. The van der Waals surface area contributed by atoms with Gasteiger partial charge in [0.05, 0.1) is 12.6 Å². The Morgan fingerprint density at radius 3 is 2.65 bits per heavy atom. The van der Waals surface area contributed by atoms with E-state index in [4.69, 9.17) is 0 Å². The Bertz CT molecular complexity index is 547. The molecule has 0 bridgehead atoms. The highest BCUT2D eigenvalue weighted by atomic mass is 15.6. The molecule has 0 aliphatic rings. The van der Waals surface area contributed by atoms with Crippen molar-refractivity contribution in [3.8, 4) is 0 Å². The molecule has 1 N–H and O–H groups in total. The molecule has 2 aromatic rings. The van der Waals surface area contributed by atoms with Gasteiger partial charge in [0, 0.05) is 0 Å². The van der Waals surface area contributed by atoms with Gasteiger partial charge in [0.15, 0.2) is 5.82 Å². The van der Waals surface area contributed by atoms with E-state index < -0.39 is 0 Å². The fourth-order valence-corrected chi connectivity index (χ4v) is 2.29. The zero-order valence-electron chi connectivity index (χ0n) is 12.7. The first-order valence-corrected chi connectivity index (χ1v) is 7.12. The molecule has 1 heterocycles. The summed E-state index contributed by atoms with van der Waals surface area (Å²) < 4.78 is 1.90. The van der Waals surface area contributed by atoms with E-state index in [0.717, 1.165) is 12.4 Å². The monoisotopic (exact) mass is 273 g/mol. The fraction of sp³-hybridized carbons (Fsp3) is 0.533. The molecule has 20 heavy (non-hydrogen) atoms. The van der Waals surface area contributed by atoms with Crippen molar-refractivity contribution >= 4 is 0 Å². The molecule has 1 atom stereocenters. The highest BCUT2D eigenvalue weighted by Gasteiger charge is 2.15. The summed E-state index contributed by atoms with van der Waals surface area (Å²) in [4.78, 5) is 0. The highest BCUT2D eigenvalue weighted by molar-refractivity contribution is 5.28. The topological polar surface area (TPSA) is 55.6 Å². The first-order chi connectivity index (χ1) is 9.59. The maximum Gasteiger partial charge on any atom is 0.165 e. The number of benzene rings is 1. The second kappa shape index (κ2) is 6.61. The van der Waals surface area contributed by atoms with Crippen LogP contribution in [0, 0.1) is 12.8 Å². The number of rotatable bonds is 6. The summed E-state index contributed by atoms with van der Waals surface area (Å²) in [6, 6.07) is 8.50. The van der Waals surface area contributed by atoms with Crippen molar-refractivity contribution in [1.29, 1.82) is 0 Å². The quantitative estimate of drug-likeness (QED) is 0.877. The van der Waals surface area contributed by atoms with Gasteiger partial charge in [-0.15, -0.1) is 5.10 Å². The predicted molar refractivity (Wildman–Crippen MR) is 79.4 cm³/mol. The van der Waals surface area contributed by atoms with Crippen molar-refractivity contribution in [2.45, 2.75) is 40.3 Å². The van der Waals surface area contributed by atoms with Crippen LogP contribution in [-0.4, -0.2) is 26.8 Å². The minimum absolute atomic E-state index is 0.141. The van der Waals surface area contributed by atoms with Gasteiger partial charge in [-0.2, -0.15) is 0 Å². The molecule has 0 spiro atoms. The molecular weight excluding hydrogens is 250 g/mol. The molecule has 0 fully saturated rings. The van der Waals surface area contributed by atoms with Gasteiger partial charge in [0.25, 0.3) is 0 Å². The Morgan fingerprint density at radius 2 is 1.95 bits per heavy atom. The van der Waals surface area contributed by atoms with E-state index in [0.29, 0.717) is 12.5 Å². The van der Waals surface area contributed by atoms with Crippen molar-refractivity contribution in [1.82, 2.24) is 25.5 Å². The standard InChI is InChI=1S/C15H23N5/c1-11(2)9-16-10-15-17-18-19-20(15)13(4)14-8-6-5-7-12(14)3/h5-8,11,13,16H,9-10H2,1-4H3. The van der Waals surface area contributed by atoms with Gasteiger partial charge in [-0.25, -0.2) is 4.68 Å². The Kier molecular flexibility index (Phi) is 4.84. The number of hydrogen-bond donors (Lipinski definition) is 1. The zero-order chi connectivity index (χ0) is 14.5. The van der Waals surface area contributed by atoms with Crippen molar-refractivity contribution < 1.29 is 0 Å². The third-order valence-electron chi connectivity index (χ3n) is 3.40. The number of hydrogen-bond acceptors (Lipinski definition) is 4. The number of nitrogens with one attached hydrogen (secondary N) is 1. The number of tetrazole rings is 1. The lowest BCUT2D eigenvalue weighted by Crippen LogP contribution is -2.23. The first-order valence-electron chi connectivity index (χ1n) is 7.12. The van der Waals surface area contributed by atoms with E-state index in [2.05, 4.69) is 72.8 Å². The molecule has 108 valence electrons. The van der Waals surface area contributed by atoms with Gasteiger partial charge in [-0.3, -0.25) is 0 Å². The number of aromatic nitrogens is 4. The lowest BCUT2D eigenvalue weighted by Gasteiger charge is -2.16. The van der Waals surface area contributed by atoms with Gasteiger partial charge in [0.1, 0.15) is 0 Å². The summed E-state index contributed by atoms with van der Waals surface area (Å²) in [5.74, 6) is 1.49. The van der Waals surface area contributed by atoms with Crippen LogP contribution in [0.3, 0.4) is 0 Å². The summed E-state index contributed by atoms with van der Waals surface area (Å²) in [6.45, 7) is 10.3. The second-order valence-corrected chi connectivity index (χ2v) is 5.60. The van der Waals surface area contributed by atoms with E-state index >= 15 is 0 Å².